The number of hydrogen-bond acceptors (Lipinski definition) is 3. The lowest BCUT2D eigenvalue weighted by Crippen LogP contribution is -2.01. The maximum Gasteiger partial charge on any atom is 0.327 e. The predicted molar refractivity (Wildman–Crippen MR) is 58.6 cm³/mol. The molecule has 0 N–H and O–H groups in total. The molecule has 0 aliphatic rings. The van der Waals surface area contributed by atoms with Gasteiger partial charge in [-0.2, -0.15) is 0 Å². The number of halogens is 2. The van der Waals surface area contributed by atoms with Crippen LogP contribution in [0.3, 0.4) is 0 Å². The second-order valence-corrected chi connectivity index (χ2v) is 3.71. The maximum atomic E-state index is 11.0. The van der Waals surface area contributed by atoms with Gasteiger partial charge < -0.3 is 0 Å². The Morgan fingerprint density at radius 1 is 1.60 bits per heavy atom. The standard InChI is InChI=1S/C9H7Cl2N3O/c1-2-5-3-6(10)13-8-7(5)12-4-14(8)9(11)15/h3-4H,2H2,1H3. The average Bonchev–Trinajstić information content (AvgIpc) is 2.59. The van der Waals surface area contributed by atoms with Gasteiger partial charge in [0.15, 0.2) is 5.65 Å². The Morgan fingerprint density at radius 2 is 2.33 bits per heavy atom. The zero-order chi connectivity index (χ0) is 11.0. The van der Waals surface area contributed by atoms with Crippen molar-refractivity contribution in [1.29, 1.82) is 0 Å². The molecule has 0 amide bonds. The van der Waals surface area contributed by atoms with Crippen LogP contribution in [0.2, 0.25) is 5.15 Å². The highest BCUT2D eigenvalue weighted by Crippen LogP contribution is 2.20. The number of hydrogen-bond donors (Lipinski definition) is 0. The number of carbonyl (C=O) groups is 1. The van der Waals surface area contributed by atoms with Gasteiger partial charge in [0.1, 0.15) is 17.0 Å². The van der Waals surface area contributed by atoms with Crippen LogP contribution in [0.1, 0.15) is 12.5 Å². The first-order valence-electron chi connectivity index (χ1n) is 4.35. The Kier molecular flexibility index (Phi) is 2.63. The van der Waals surface area contributed by atoms with E-state index in [1.807, 2.05) is 6.92 Å². The number of aryl methyl sites for hydroxylation is 1. The molecule has 0 spiro atoms. The highest BCUT2D eigenvalue weighted by atomic mass is 35.5. The monoisotopic (exact) mass is 243 g/mol. The summed E-state index contributed by atoms with van der Waals surface area (Å²) in [5.74, 6) is 0. The molecule has 0 fully saturated rings. The summed E-state index contributed by atoms with van der Waals surface area (Å²) < 4.78 is 1.17. The number of fused-ring (bicyclic) bond motifs is 1. The van der Waals surface area contributed by atoms with Crippen molar-refractivity contribution in [3.63, 3.8) is 0 Å². The molecule has 0 radical (unpaired) electrons. The van der Waals surface area contributed by atoms with E-state index < -0.39 is 5.37 Å². The molecule has 0 atom stereocenters. The summed E-state index contributed by atoms with van der Waals surface area (Å²) in [6.45, 7) is 1.98. The van der Waals surface area contributed by atoms with Gasteiger partial charge in [0.25, 0.3) is 0 Å². The van der Waals surface area contributed by atoms with Gasteiger partial charge in [-0.3, -0.25) is 4.79 Å². The van der Waals surface area contributed by atoms with E-state index in [2.05, 4.69) is 9.97 Å². The topological polar surface area (TPSA) is 47.8 Å². The van der Waals surface area contributed by atoms with E-state index in [0.29, 0.717) is 16.3 Å². The summed E-state index contributed by atoms with van der Waals surface area (Å²) in [6, 6.07) is 1.74. The molecule has 6 heteroatoms. The van der Waals surface area contributed by atoms with Crippen LogP contribution in [0.4, 0.5) is 4.79 Å². The molecule has 0 saturated carbocycles. The second kappa shape index (κ2) is 3.79. The Hall–Kier alpha value is -1.13. The van der Waals surface area contributed by atoms with Crippen LogP contribution in [0.15, 0.2) is 12.4 Å². The Morgan fingerprint density at radius 3 is 2.93 bits per heavy atom. The molecule has 78 valence electrons. The molecule has 2 rings (SSSR count). The van der Waals surface area contributed by atoms with Gasteiger partial charge in [-0.25, -0.2) is 14.5 Å². The molecule has 0 unspecified atom stereocenters. The Bertz CT molecular complexity index is 535. The number of nitrogens with zero attached hydrogens (tertiary/aromatic N) is 3. The average molecular weight is 244 g/mol. The van der Waals surface area contributed by atoms with Crippen LogP contribution in [0.25, 0.3) is 11.2 Å². The van der Waals surface area contributed by atoms with Gasteiger partial charge in [-0.05, 0) is 29.7 Å². The summed E-state index contributed by atoms with van der Waals surface area (Å²) in [5.41, 5.74) is 2.01. The number of carbonyl (C=O) groups excluding carboxylic acids is 1. The molecule has 15 heavy (non-hydrogen) atoms. The fourth-order valence-corrected chi connectivity index (χ4v) is 1.75. The largest absolute Gasteiger partial charge is 0.327 e. The quantitative estimate of drug-likeness (QED) is 0.572. The molecule has 0 aliphatic carbocycles. The van der Waals surface area contributed by atoms with Crippen LogP contribution in [0.5, 0.6) is 0 Å². The van der Waals surface area contributed by atoms with E-state index in [-0.39, 0.29) is 0 Å². The number of pyridine rings is 1. The minimum atomic E-state index is -0.644. The first-order valence-corrected chi connectivity index (χ1v) is 5.11. The summed E-state index contributed by atoms with van der Waals surface area (Å²) in [6.07, 6.45) is 2.12. The first kappa shape index (κ1) is 10.4. The van der Waals surface area contributed by atoms with Crippen molar-refractivity contribution in [1.82, 2.24) is 14.5 Å². The third kappa shape index (κ3) is 1.70. The van der Waals surface area contributed by atoms with Crippen molar-refractivity contribution in [2.45, 2.75) is 13.3 Å². The van der Waals surface area contributed by atoms with Crippen LogP contribution in [-0.4, -0.2) is 19.9 Å². The van der Waals surface area contributed by atoms with Crippen LogP contribution >= 0.6 is 23.2 Å². The maximum absolute atomic E-state index is 11.0. The van der Waals surface area contributed by atoms with Gasteiger partial charge in [-0.1, -0.05) is 18.5 Å². The van der Waals surface area contributed by atoms with Crippen LogP contribution in [-0.2, 0) is 6.42 Å². The van der Waals surface area contributed by atoms with Crippen molar-refractivity contribution >= 4 is 39.7 Å². The molecular formula is C9H7Cl2N3O. The SMILES string of the molecule is CCc1cc(Cl)nc2c1ncn2C(=O)Cl. The lowest BCUT2D eigenvalue weighted by atomic mass is 10.2. The minimum absolute atomic E-state index is 0.332. The molecule has 0 bridgehead atoms. The smallest absolute Gasteiger partial charge is 0.255 e. The molecule has 4 nitrogen and oxygen atoms in total. The van der Waals surface area contributed by atoms with Crippen molar-refractivity contribution in [2.24, 2.45) is 0 Å². The highest BCUT2D eigenvalue weighted by Gasteiger charge is 2.12. The summed E-state index contributed by atoms with van der Waals surface area (Å²) in [7, 11) is 0. The third-order valence-electron chi connectivity index (χ3n) is 2.12. The van der Waals surface area contributed by atoms with Crippen molar-refractivity contribution in [3.05, 3.63) is 23.1 Å². The van der Waals surface area contributed by atoms with E-state index in [1.165, 1.54) is 10.9 Å². The zero-order valence-electron chi connectivity index (χ0n) is 7.87. The normalized spacial score (nSPS) is 10.9. The number of imidazole rings is 1. The third-order valence-corrected chi connectivity index (χ3v) is 2.50. The zero-order valence-corrected chi connectivity index (χ0v) is 9.38. The van der Waals surface area contributed by atoms with Crippen molar-refractivity contribution in [2.75, 3.05) is 0 Å². The van der Waals surface area contributed by atoms with Crippen molar-refractivity contribution < 1.29 is 4.79 Å². The second-order valence-electron chi connectivity index (χ2n) is 3.00. The number of aromatic nitrogens is 3. The molecule has 2 aromatic heterocycles. The van der Waals surface area contributed by atoms with E-state index in [1.54, 1.807) is 6.07 Å². The fourth-order valence-electron chi connectivity index (χ4n) is 1.42. The molecule has 0 saturated heterocycles. The van der Waals surface area contributed by atoms with E-state index in [0.717, 1.165) is 12.0 Å². The summed E-state index contributed by atoms with van der Waals surface area (Å²) in [4.78, 5) is 19.2. The van der Waals surface area contributed by atoms with E-state index >= 15 is 0 Å². The predicted octanol–water partition coefficient (Wildman–Crippen LogP) is 2.85. The summed E-state index contributed by atoms with van der Waals surface area (Å²) >= 11 is 11.2. The van der Waals surface area contributed by atoms with Crippen molar-refractivity contribution in [3.8, 4) is 0 Å². The molecule has 2 heterocycles. The molecule has 0 aliphatic heterocycles. The Labute approximate surface area is 95.8 Å². The lowest BCUT2D eigenvalue weighted by Gasteiger charge is -2.00. The number of rotatable bonds is 1. The van der Waals surface area contributed by atoms with Gasteiger partial charge in [0.05, 0.1) is 0 Å². The first-order chi connectivity index (χ1) is 7.13. The van der Waals surface area contributed by atoms with Gasteiger partial charge in [-0.15, -0.1) is 0 Å². The molecular weight excluding hydrogens is 237 g/mol. The van der Waals surface area contributed by atoms with Gasteiger partial charge in [0.2, 0.25) is 0 Å². The fraction of sp³-hybridized carbons (Fsp3) is 0.222. The van der Waals surface area contributed by atoms with Gasteiger partial charge >= 0.3 is 5.37 Å². The van der Waals surface area contributed by atoms with E-state index in [9.17, 15) is 4.79 Å². The summed E-state index contributed by atoms with van der Waals surface area (Å²) in [5, 5.41) is -0.312. The molecule has 2 aromatic rings. The highest BCUT2D eigenvalue weighted by molar-refractivity contribution is 6.63. The van der Waals surface area contributed by atoms with Gasteiger partial charge in [0, 0.05) is 0 Å². The van der Waals surface area contributed by atoms with Crippen LogP contribution < -0.4 is 0 Å². The van der Waals surface area contributed by atoms with E-state index in [4.69, 9.17) is 23.2 Å². The molecule has 0 aromatic carbocycles. The minimum Gasteiger partial charge on any atom is -0.255 e. The Balaban J connectivity index is 2.80. The van der Waals surface area contributed by atoms with Crippen LogP contribution in [0, 0.1) is 0 Å². The lowest BCUT2D eigenvalue weighted by molar-refractivity contribution is 0.261.